The van der Waals surface area contributed by atoms with Gasteiger partial charge in [-0.3, -0.25) is 0 Å². The van der Waals surface area contributed by atoms with E-state index in [0.717, 1.165) is 5.20 Å². The molecule has 0 heterocycles. The molecule has 0 saturated carbocycles. The van der Waals surface area contributed by atoms with Gasteiger partial charge < -0.3 is 4.46 Å². The summed E-state index contributed by atoms with van der Waals surface area (Å²) in [6.07, 6.45) is 0. The van der Waals surface area contributed by atoms with Crippen LogP contribution in [0.2, 0.25) is 6.55 Å². The minimum absolute atomic E-state index is 0.806. The lowest BCUT2D eigenvalue weighted by Crippen LogP contribution is -1.89. The van der Waals surface area contributed by atoms with Crippen LogP contribution in [0.5, 0.6) is 0 Å². The number of rotatable bonds is 1. The molecule has 0 atom stereocenters. The van der Waals surface area contributed by atoms with Gasteiger partial charge in [0.2, 0.25) is 0 Å². The molecule has 0 aromatic heterocycles. The first-order valence-corrected chi connectivity index (χ1v) is 3.72. The van der Waals surface area contributed by atoms with Crippen molar-refractivity contribution in [1.29, 1.82) is 0 Å². The summed E-state index contributed by atoms with van der Waals surface area (Å²) in [4.78, 5) is 0. The van der Waals surface area contributed by atoms with Gasteiger partial charge in [0.25, 0.3) is 0 Å². The Bertz CT molecular complexity index is 73.5. The molecule has 0 amide bonds. The quantitative estimate of drug-likeness (QED) is 0.452. The van der Waals surface area contributed by atoms with E-state index >= 15 is 0 Å². The van der Waals surface area contributed by atoms with Crippen LogP contribution in [-0.4, -0.2) is 8.68 Å². The standard InChI is InChI=1S/C4H8OSi/c1-4(2)6(3)5/h1H2,2-3H3. The number of hydrogen-bond donors (Lipinski definition) is 0. The molecule has 34 valence electrons. The monoisotopic (exact) mass is 100 g/mol. The molecule has 0 aromatic rings. The first-order valence-electron chi connectivity index (χ1n) is 1.81. The fourth-order valence-electron chi connectivity index (χ4n) is 0. The fourth-order valence-corrected chi connectivity index (χ4v) is 0. The summed E-state index contributed by atoms with van der Waals surface area (Å²) in [5, 5.41) is 0.806. The molecule has 0 saturated heterocycles. The minimum Gasteiger partial charge on any atom is -0.383 e. The highest BCUT2D eigenvalue weighted by Crippen LogP contribution is 1.82. The SMILES string of the molecule is C=C(C)[Si](C)=O. The molecular formula is C4H8OSi. The Hall–Kier alpha value is -0.243. The van der Waals surface area contributed by atoms with Crippen molar-refractivity contribution in [3.05, 3.63) is 11.8 Å². The first kappa shape index (κ1) is 5.76. The Kier molecular flexibility index (Phi) is 1.94. The Balaban J connectivity index is 3.57. The second-order valence-corrected chi connectivity index (χ2v) is 3.30. The molecule has 0 aromatic carbocycles. The summed E-state index contributed by atoms with van der Waals surface area (Å²) in [5.41, 5.74) is 0. The van der Waals surface area contributed by atoms with Crippen LogP contribution in [0.3, 0.4) is 0 Å². The molecule has 0 unspecified atom stereocenters. The van der Waals surface area contributed by atoms with E-state index in [4.69, 9.17) is 0 Å². The van der Waals surface area contributed by atoms with Crippen molar-refractivity contribution in [2.24, 2.45) is 0 Å². The van der Waals surface area contributed by atoms with Gasteiger partial charge in [-0.25, -0.2) is 0 Å². The largest absolute Gasteiger partial charge is 0.383 e. The van der Waals surface area contributed by atoms with Crippen LogP contribution < -0.4 is 0 Å². The van der Waals surface area contributed by atoms with Crippen molar-refractivity contribution >= 4 is 8.68 Å². The van der Waals surface area contributed by atoms with E-state index in [1.165, 1.54) is 0 Å². The average Bonchev–Trinajstić information content (AvgIpc) is 1.36. The van der Waals surface area contributed by atoms with Crippen LogP contribution in [0.15, 0.2) is 11.8 Å². The number of allylic oxidation sites excluding steroid dienone is 1. The zero-order valence-corrected chi connectivity index (χ0v) is 5.12. The molecule has 0 radical (unpaired) electrons. The van der Waals surface area contributed by atoms with E-state index in [2.05, 4.69) is 6.58 Å². The lowest BCUT2D eigenvalue weighted by Gasteiger charge is -1.78. The Morgan fingerprint density at radius 2 is 2.00 bits per heavy atom. The van der Waals surface area contributed by atoms with Crippen molar-refractivity contribution < 1.29 is 4.46 Å². The summed E-state index contributed by atoms with van der Waals surface area (Å²) < 4.78 is 10.2. The van der Waals surface area contributed by atoms with Gasteiger partial charge in [-0.15, -0.1) is 0 Å². The van der Waals surface area contributed by atoms with Gasteiger partial charge in [-0.1, -0.05) is 6.58 Å². The molecule has 6 heavy (non-hydrogen) atoms. The van der Waals surface area contributed by atoms with Gasteiger partial charge >= 0.3 is 8.68 Å². The van der Waals surface area contributed by atoms with Crippen molar-refractivity contribution in [2.75, 3.05) is 0 Å². The molecular weight excluding hydrogens is 92.1 g/mol. The van der Waals surface area contributed by atoms with Gasteiger partial charge in [0, 0.05) is 0 Å². The topological polar surface area (TPSA) is 17.1 Å². The second-order valence-electron chi connectivity index (χ2n) is 1.34. The maximum absolute atomic E-state index is 10.2. The predicted octanol–water partition coefficient (Wildman–Crippen LogP) is 1.15. The molecule has 0 bridgehead atoms. The van der Waals surface area contributed by atoms with Crippen LogP contribution in [0.4, 0.5) is 0 Å². The van der Waals surface area contributed by atoms with E-state index in [0.29, 0.717) is 0 Å². The predicted molar refractivity (Wildman–Crippen MR) is 27.1 cm³/mol. The smallest absolute Gasteiger partial charge is 0.303 e. The highest BCUT2D eigenvalue weighted by atomic mass is 28.3. The van der Waals surface area contributed by atoms with Crippen molar-refractivity contribution in [2.45, 2.75) is 13.5 Å². The van der Waals surface area contributed by atoms with E-state index in [9.17, 15) is 4.46 Å². The third-order valence-corrected chi connectivity index (χ3v) is 1.80. The molecule has 0 aliphatic carbocycles. The van der Waals surface area contributed by atoms with Crippen LogP contribution in [0, 0.1) is 0 Å². The summed E-state index contributed by atoms with van der Waals surface area (Å²) >= 11 is 0. The van der Waals surface area contributed by atoms with Crippen LogP contribution in [0.25, 0.3) is 0 Å². The molecule has 0 spiro atoms. The van der Waals surface area contributed by atoms with Gasteiger partial charge in [0.15, 0.2) is 0 Å². The highest BCUT2D eigenvalue weighted by molar-refractivity contribution is 6.49. The second kappa shape index (κ2) is 2.03. The maximum atomic E-state index is 10.2. The van der Waals surface area contributed by atoms with Gasteiger partial charge in [-0.05, 0) is 18.7 Å². The summed E-state index contributed by atoms with van der Waals surface area (Å²) in [7, 11) is -1.40. The molecule has 0 aliphatic rings. The van der Waals surface area contributed by atoms with E-state index < -0.39 is 8.68 Å². The van der Waals surface area contributed by atoms with Crippen LogP contribution >= 0.6 is 0 Å². The lowest BCUT2D eigenvalue weighted by molar-refractivity contribution is 0.570. The molecule has 2 heteroatoms. The van der Waals surface area contributed by atoms with E-state index in [-0.39, 0.29) is 0 Å². The van der Waals surface area contributed by atoms with Gasteiger partial charge in [0.05, 0.1) is 0 Å². The van der Waals surface area contributed by atoms with Crippen molar-refractivity contribution in [3.8, 4) is 0 Å². The summed E-state index contributed by atoms with van der Waals surface area (Å²) in [6, 6.07) is 0. The van der Waals surface area contributed by atoms with E-state index in [1.54, 1.807) is 13.5 Å². The zero-order valence-electron chi connectivity index (χ0n) is 4.12. The summed E-state index contributed by atoms with van der Waals surface area (Å²) in [6.45, 7) is 6.95. The zero-order chi connectivity index (χ0) is 5.15. The fraction of sp³-hybridized carbons (Fsp3) is 0.500. The molecule has 0 aliphatic heterocycles. The van der Waals surface area contributed by atoms with Gasteiger partial charge in [0.1, 0.15) is 0 Å². The molecule has 1 nitrogen and oxygen atoms in total. The van der Waals surface area contributed by atoms with Crippen LogP contribution in [0.1, 0.15) is 6.92 Å². The van der Waals surface area contributed by atoms with Gasteiger partial charge in [-0.2, -0.15) is 0 Å². The summed E-state index contributed by atoms with van der Waals surface area (Å²) in [5.74, 6) is 0. The van der Waals surface area contributed by atoms with Crippen molar-refractivity contribution in [3.63, 3.8) is 0 Å². The van der Waals surface area contributed by atoms with Crippen molar-refractivity contribution in [1.82, 2.24) is 0 Å². The Morgan fingerprint density at radius 3 is 2.00 bits per heavy atom. The number of hydrogen-bond acceptors (Lipinski definition) is 1. The molecule has 0 N–H and O–H groups in total. The Labute approximate surface area is 39.3 Å². The molecule has 0 fully saturated rings. The minimum atomic E-state index is -1.40. The van der Waals surface area contributed by atoms with Crippen LogP contribution in [-0.2, 0) is 4.46 Å². The highest BCUT2D eigenvalue weighted by Gasteiger charge is 1.90. The molecule has 0 rings (SSSR count). The van der Waals surface area contributed by atoms with E-state index in [1.807, 2.05) is 0 Å². The normalized spacial score (nSPS) is 7.67. The Morgan fingerprint density at radius 1 is 1.83 bits per heavy atom. The first-order chi connectivity index (χ1) is 2.64. The third-order valence-electron chi connectivity index (χ3n) is 0.601. The average molecular weight is 100 g/mol. The lowest BCUT2D eigenvalue weighted by atomic mass is 10.8. The maximum Gasteiger partial charge on any atom is 0.303 e. The third kappa shape index (κ3) is 2.02.